The number of piperidine rings is 1. The lowest BCUT2D eigenvalue weighted by molar-refractivity contribution is -0.137. The van der Waals surface area contributed by atoms with Gasteiger partial charge in [0.2, 0.25) is 5.91 Å². The van der Waals surface area contributed by atoms with Gasteiger partial charge in [0.25, 0.3) is 0 Å². The molecule has 1 saturated carbocycles. The fraction of sp³-hybridized carbons (Fsp3) is 0.938. The molecule has 0 aromatic carbocycles. The molecular formula is C16H30N2O. The Morgan fingerprint density at radius 1 is 1.05 bits per heavy atom. The average Bonchev–Trinajstić information content (AvgIpc) is 2.39. The van der Waals surface area contributed by atoms with E-state index in [0.717, 1.165) is 38.8 Å². The first kappa shape index (κ1) is 14.8. The Labute approximate surface area is 118 Å². The normalized spacial score (nSPS) is 25.7. The SMILES string of the molecule is CNC1(C)CCN(C(=O)C2CCCCCCC2)CC1. The molecule has 0 unspecified atom stereocenters. The number of carbonyl (C=O) groups is 1. The Bertz CT molecular complexity index is 287. The van der Waals surface area contributed by atoms with Crippen molar-refractivity contribution in [2.45, 2.75) is 70.3 Å². The first-order valence-electron chi connectivity index (χ1n) is 8.12. The van der Waals surface area contributed by atoms with Crippen molar-refractivity contribution in [2.24, 2.45) is 5.92 Å². The summed E-state index contributed by atoms with van der Waals surface area (Å²) in [5.41, 5.74) is 0.234. The molecule has 0 aromatic heterocycles. The molecule has 3 heteroatoms. The third kappa shape index (κ3) is 3.95. The summed E-state index contributed by atoms with van der Waals surface area (Å²) in [6, 6.07) is 0. The van der Waals surface area contributed by atoms with Crippen LogP contribution in [0.15, 0.2) is 0 Å². The van der Waals surface area contributed by atoms with Crippen LogP contribution in [0.4, 0.5) is 0 Å². The summed E-state index contributed by atoms with van der Waals surface area (Å²) >= 11 is 0. The lowest BCUT2D eigenvalue weighted by atomic mass is 9.87. The maximum atomic E-state index is 12.6. The lowest BCUT2D eigenvalue weighted by Gasteiger charge is -2.40. The molecule has 110 valence electrons. The van der Waals surface area contributed by atoms with Crippen LogP contribution in [-0.4, -0.2) is 36.5 Å². The van der Waals surface area contributed by atoms with Crippen molar-refractivity contribution in [1.82, 2.24) is 10.2 Å². The van der Waals surface area contributed by atoms with Gasteiger partial charge >= 0.3 is 0 Å². The highest BCUT2D eigenvalue weighted by Crippen LogP contribution is 2.27. The van der Waals surface area contributed by atoms with Gasteiger partial charge in [-0.05, 0) is 39.7 Å². The standard InChI is InChI=1S/C16H30N2O/c1-16(17-2)10-12-18(13-11-16)15(19)14-8-6-4-3-5-7-9-14/h14,17H,3-13H2,1-2H3. The highest BCUT2D eigenvalue weighted by Gasteiger charge is 2.32. The van der Waals surface area contributed by atoms with Crippen LogP contribution in [0.5, 0.6) is 0 Å². The molecule has 0 bridgehead atoms. The van der Waals surface area contributed by atoms with Gasteiger partial charge < -0.3 is 10.2 Å². The van der Waals surface area contributed by atoms with Crippen LogP contribution in [-0.2, 0) is 4.79 Å². The molecule has 1 N–H and O–H groups in total. The van der Waals surface area contributed by atoms with Crippen molar-refractivity contribution < 1.29 is 4.79 Å². The van der Waals surface area contributed by atoms with Crippen molar-refractivity contribution in [1.29, 1.82) is 0 Å². The number of carbonyl (C=O) groups excluding carboxylic acids is 1. The summed E-state index contributed by atoms with van der Waals surface area (Å²) in [4.78, 5) is 14.8. The molecule has 3 nitrogen and oxygen atoms in total. The lowest BCUT2D eigenvalue weighted by Crippen LogP contribution is -2.52. The van der Waals surface area contributed by atoms with Crippen LogP contribution in [0.3, 0.4) is 0 Å². The van der Waals surface area contributed by atoms with E-state index in [0.29, 0.717) is 11.8 Å². The fourth-order valence-electron chi connectivity index (χ4n) is 3.43. The first-order chi connectivity index (χ1) is 9.14. The van der Waals surface area contributed by atoms with Gasteiger partial charge in [-0.2, -0.15) is 0 Å². The van der Waals surface area contributed by atoms with E-state index >= 15 is 0 Å². The molecule has 1 aliphatic heterocycles. The summed E-state index contributed by atoms with van der Waals surface area (Å²) in [6.45, 7) is 4.14. The van der Waals surface area contributed by atoms with E-state index in [9.17, 15) is 4.79 Å². The Hall–Kier alpha value is -0.570. The zero-order chi connectivity index (χ0) is 13.7. The average molecular weight is 266 g/mol. The molecule has 19 heavy (non-hydrogen) atoms. The summed E-state index contributed by atoms with van der Waals surface area (Å²) in [5, 5.41) is 3.40. The summed E-state index contributed by atoms with van der Waals surface area (Å²) in [6.07, 6.45) is 10.9. The van der Waals surface area contributed by atoms with Gasteiger partial charge in [0.15, 0.2) is 0 Å². The predicted octanol–water partition coefficient (Wildman–Crippen LogP) is 2.95. The van der Waals surface area contributed by atoms with Gasteiger partial charge in [-0.1, -0.05) is 32.1 Å². The van der Waals surface area contributed by atoms with Crippen LogP contribution >= 0.6 is 0 Å². The molecule has 1 saturated heterocycles. The number of rotatable bonds is 2. The van der Waals surface area contributed by atoms with Crippen molar-refractivity contribution in [3.63, 3.8) is 0 Å². The minimum Gasteiger partial charge on any atom is -0.342 e. The van der Waals surface area contributed by atoms with Crippen molar-refractivity contribution >= 4 is 5.91 Å². The number of likely N-dealkylation sites (tertiary alicyclic amines) is 1. The van der Waals surface area contributed by atoms with Crippen molar-refractivity contribution in [3.05, 3.63) is 0 Å². The molecule has 1 aliphatic carbocycles. The number of amides is 1. The van der Waals surface area contributed by atoms with Gasteiger partial charge in [0.1, 0.15) is 0 Å². The molecular weight excluding hydrogens is 236 g/mol. The van der Waals surface area contributed by atoms with Crippen LogP contribution in [0.1, 0.15) is 64.7 Å². The van der Waals surface area contributed by atoms with Crippen LogP contribution in [0, 0.1) is 5.92 Å². The molecule has 0 spiro atoms. The molecule has 0 aromatic rings. The Balaban J connectivity index is 1.85. The van der Waals surface area contributed by atoms with E-state index in [1.807, 2.05) is 7.05 Å². The monoisotopic (exact) mass is 266 g/mol. The molecule has 2 fully saturated rings. The maximum Gasteiger partial charge on any atom is 0.225 e. The number of hydrogen-bond donors (Lipinski definition) is 1. The van der Waals surface area contributed by atoms with E-state index in [1.165, 1.54) is 32.1 Å². The van der Waals surface area contributed by atoms with Crippen LogP contribution in [0.25, 0.3) is 0 Å². The molecule has 2 rings (SSSR count). The van der Waals surface area contributed by atoms with Crippen LogP contribution < -0.4 is 5.32 Å². The smallest absolute Gasteiger partial charge is 0.225 e. The number of hydrogen-bond acceptors (Lipinski definition) is 2. The summed E-state index contributed by atoms with van der Waals surface area (Å²) < 4.78 is 0. The fourth-order valence-corrected chi connectivity index (χ4v) is 3.43. The van der Waals surface area contributed by atoms with E-state index in [-0.39, 0.29) is 5.54 Å². The van der Waals surface area contributed by atoms with Gasteiger partial charge in [-0.15, -0.1) is 0 Å². The summed E-state index contributed by atoms with van der Waals surface area (Å²) in [7, 11) is 2.03. The van der Waals surface area contributed by atoms with Gasteiger partial charge in [-0.25, -0.2) is 0 Å². The predicted molar refractivity (Wildman–Crippen MR) is 79.1 cm³/mol. The third-order valence-corrected chi connectivity index (χ3v) is 5.24. The Morgan fingerprint density at radius 2 is 1.58 bits per heavy atom. The van der Waals surface area contributed by atoms with Gasteiger partial charge in [-0.3, -0.25) is 4.79 Å². The molecule has 1 heterocycles. The van der Waals surface area contributed by atoms with Crippen molar-refractivity contribution in [3.8, 4) is 0 Å². The molecule has 2 aliphatic rings. The Kier molecular flexibility index (Phi) is 5.26. The van der Waals surface area contributed by atoms with Crippen molar-refractivity contribution in [2.75, 3.05) is 20.1 Å². The van der Waals surface area contributed by atoms with E-state index in [1.54, 1.807) is 0 Å². The van der Waals surface area contributed by atoms with Gasteiger partial charge in [0, 0.05) is 24.5 Å². The summed E-state index contributed by atoms with van der Waals surface area (Å²) in [5.74, 6) is 0.763. The minimum absolute atomic E-state index is 0.234. The molecule has 0 atom stereocenters. The molecule has 0 radical (unpaired) electrons. The van der Waals surface area contributed by atoms with E-state index in [2.05, 4.69) is 17.1 Å². The number of nitrogens with one attached hydrogen (secondary N) is 1. The second-order valence-corrected chi connectivity index (χ2v) is 6.68. The van der Waals surface area contributed by atoms with E-state index in [4.69, 9.17) is 0 Å². The Morgan fingerprint density at radius 3 is 2.11 bits per heavy atom. The van der Waals surface area contributed by atoms with E-state index < -0.39 is 0 Å². The first-order valence-corrected chi connectivity index (χ1v) is 8.12. The zero-order valence-electron chi connectivity index (χ0n) is 12.7. The van der Waals surface area contributed by atoms with Gasteiger partial charge in [0.05, 0.1) is 0 Å². The highest BCUT2D eigenvalue weighted by atomic mass is 16.2. The molecule has 1 amide bonds. The quantitative estimate of drug-likeness (QED) is 0.833. The maximum absolute atomic E-state index is 12.6. The topological polar surface area (TPSA) is 32.3 Å². The number of nitrogens with zero attached hydrogens (tertiary/aromatic N) is 1. The zero-order valence-corrected chi connectivity index (χ0v) is 12.7. The minimum atomic E-state index is 0.234. The second kappa shape index (κ2) is 6.74. The van der Waals surface area contributed by atoms with Crippen LogP contribution in [0.2, 0.25) is 0 Å². The third-order valence-electron chi connectivity index (χ3n) is 5.24. The largest absolute Gasteiger partial charge is 0.342 e. The highest BCUT2D eigenvalue weighted by molar-refractivity contribution is 5.79. The second-order valence-electron chi connectivity index (χ2n) is 6.68.